The SMILES string of the molecule is CCOC(=O)c1cnc(NC(CO)C(=O)OC)nc1C. The molecule has 1 rings (SSSR count). The Morgan fingerprint density at radius 1 is 1.50 bits per heavy atom. The summed E-state index contributed by atoms with van der Waals surface area (Å²) in [6.45, 7) is 3.11. The monoisotopic (exact) mass is 283 g/mol. The fourth-order valence-corrected chi connectivity index (χ4v) is 1.42. The third-order valence-electron chi connectivity index (χ3n) is 2.45. The summed E-state index contributed by atoms with van der Waals surface area (Å²) >= 11 is 0. The minimum Gasteiger partial charge on any atom is -0.467 e. The summed E-state index contributed by atoms with van der Waals surface area (Å²) in [5.41, 5.74) is 0.651. The zero-order valence-electron chi connectivity index (χ0n) is 11.5. The predicted molar refractivity (Wildman–Crippen MR) is 69.2 cm³/mol. The Morgan fingerprint density at radius 2 is 2.20 bits per heavy atom. The molecule has 1 aromatic heterocycles. The van der Waals surface area contributed by atoms with Gasteiger partial charge in [0.05, 0.1) is 31.6 Å². The summed E-state index contributed by atoms with van der Waals surface area (Å²) in [6.07, 6.45) is 1.30. The average Bonchev–Trinajstić information content (AvgIpc) is 2.44. The van der Waals surface area contributed by atoms with Gasteiger partial charge in [0, 0.05) is 6.20 Å². The highest BCUT2D eigenvalue weighted by Gasteiger charge is 2.20. The van der Waals surface area contributed by atoms with E-state index < -0.39 is 24.6 Å². The van der Waals surface area contributed by atoms with Crippen molar-refractivity contribution >= 4 is 17.9 Å². The van der Waals surface area contributed by atoms with Crippen molar-refractivity contribution in [2.24, 2.45) is 0 Å². The van der Waals surface area contributed by atoms with Gasteiger partial charge < -0.3 is 19.9 Å². The molecule has 0 aliphatic heterocycles. The summed E-state index contributed by atoms with van der Waals surface area (Å²) in [4.78, 5) is 30.8. The van der Waals surface area contributed by atoms with Crippen molar-refractivity contribution in [1.82, 2.24) is 9.97 Å². The second kappa shape index (κ2) is 7.39. The Bertz CT molecular complexity index is 492. The van der Waals surface area contributed by atoms with Gasteiger partial charge in [-0.1, -0.05) is 0 Å². The molecule has 1 heterocycles. The van der Waals surface area contributed by atoms with Gasteiger partial charge in [-0.25, -0.2) is 19.6 Å². The summed E-state index contributed by atoms with van der Waals surface area (Å²) < 4.78 is 9.36. The molecule has 2 N–H and O–H groups in total. The topological polar surface area (TPSA) is 111 Å². The lowest BCUT2D eigenvalue weighted by atomic mass is 10.2. The van der Waals surface area contributed by atoms with E-state index in [1.807, 2.05) is 0 Å². The molecule has 8 heteroatoms. The first kappa shape index (κ1) is 15.8. The number of nitrogens with zero attached hydrogens (tertiary/aromatic N) is 2. The lowest BCUT2D eigenvalue weighted by molar-refractivity contribution is -0.142. The van der Waals surface area contributed by atoms with Gasteiger partial charge in [0.2, 0.25) is 5.95 Å². The van der Waals surface area contributed by atoms with Crippen molar-refractivity contribution in [3.05, 3.63) is 17.5 Å². The maximum absolute atomic E-state index is 11.6. The van der Waals surface area contributed by atoms with Crippen molar-refractivity contribution in [3.63, 3.8) is 0 Å². The number of aliphatic hydroxyl groups excluding tert-OH is 1. The summed E-state index contributed by atoms with van der Waals surface area (Å²) in [7, 11) is 1.21. The van der Waals surface area contributed by atoms with E-state index in [0.717, 1.165) is 0 Å². The molecule has 0 aliphatic rings. The van der Waals surface area contributed by atoms with Crippen LogP contribution in [0.3, 0.4) is 0 Å². The number of anilines is 1. The highest BCUT2D eigenvalue weighted by Crippen LogP contribution is 2.09. The van der Waals surface area contributed by atoms with Gasteiger partial charge in [-0.2, -0.15) is 0 Å². The van der Waals surface area contributed by atoms with E-state index in [2.05, 4.69) is 20.0 Å². The fraction of sp³-hybridized carbons (Fsp3) is 0.500. The Morgan fingerprint density at radius 3 is 2.70 bits per heavy atom. The van der Waals surface area contributed by atoms with E-state index in [1.165, 1.54) is 13.3 Å². The van der Waals surface area contributed by atoms with Crippen molar-refractivity contribution in [1.29, 1.82) is 0 Å². The quantitative estimate of drug-likeness (QED) is 0.697. The fourth-order valence-electron chi connectivity index (χ4n) is 1.42. The normalized spacial score (nSPS) is 11.6. The number of carbonyl (C=O) groups is 2. The number of ether oxygens (including phenoxy) is 2. The van der Waals surface area contributed by atoms with Crippen LogP contribution in [0.1, 0.15) is 23.0 Å². The molecule has 20 heavy (non-hydrogen) atoms. The van der Waals surface area contributed by atoms with Crippen LogP contribution < -0.4 is 5.32 Å². The molecule has 0 saturated heterocycles. The third kappa shape index (κ3) is 3.89. The van der Waals surface area contributed by atoms with Crippen LogP contribution in [0.5, 0.6) is 0 Å². The standard InChI is InChI=1S/C12H17N3O5/c1-4-20-10(17)8-5-13-12(14-7(8)2)15-9(6-16)11(18)19-3/h5,9,16H,4,6H2,1-3H3,(H,13,14,15). The number of aliphatic hydroxyl groups is 1. The van der Waals surface area contributed by atoms with Crippen LogP contribution >= 0.6 is 0 Å². The van der Waals surface area contributed by atoms with E-state index >= 15 is 0 Å². The van der Waals surface area contributed by atoms with Gasteiger partial charge in [0.1, 0.15) is 0 Å². The number of methoxy groups -OCH3 is 1. The van der Waals surface area contributed by atoms with Gasteiger partial charge in [0.25, 0.3) is 0 Å². The van der Waals surface area contributed by atoms with Crippen molar-refractivity contribution in [3.8, 4) is 0 Å². The number of esters is 2. The first-order chi connectivity index (χ1) is 9.53. The predicted octanol–water partition coefficient (Wildman–Crippen LogP) is -0.0925. The molecule has 1 unspecified atom stereocenters. The van der Waals surface area contributed by atoms with Crippen molar-refractivity contribution < 1.29 is 24.2 Å². The first-order valence-corrected chi connectivity index (χ1v) is 5.99. The number of hydrogen-bond acceptors (Lipinski definition) is 8. The molecule has 8 nitrogen and oxygen atoms in total. The highest BCUT2D eigenvalue weighted by molar-refractivity contribution is 5.90. The van der Waals surface area contributed by atoms with Crippen LogP contribution in [-0.4, -0.2) is 53.4 Å². The van der Waals surface area contributed by atoms with E-state index in [9.17, 15) is 9.59 Å². The zero-order valence-corrected chi connectivity index (χ0v) is 11.5. The second-order valence-corrected chi connectivity index (χ2v) is 3.82. The second-order valence-electron chi connectivity index (χ2n) is 3.82. The summed E-state index contributed by atoms with van der Waals surface area (Å²) in [5.74, 6) is -1.04. The number of aromatic nitrogens is 2. The summed E-state index contributed by atoms with van der Waals surface area (Å²) in [5, 5.41) is 11.7. The third-order valence-corrected chi connectivity index (χ3v) is 2.45. The lowest BCUT2D eigenvalue weighted by Gasteiger charge is -2.14. The molecule has 0 radical (unpaired) electrons. The largest absolute Gasteiger partial charge is 0.467 e. The van der Waals surface area contributed by atoms with Crippen LogP contribution in [0.2, 0.25) is 0 Å². The Hall–Kier alpha value is -2.22. The molecule has 110 valence electrons. The van der Waals surface area contributed by atoms with Gasteiger partial charge in [-0.3, -0.25) is 0 Å². The molecule has 0 saturated carbocycles. The van der Waals surface area contributed by atoms with Crippen LogP contribution in [-0.2, 0) is 14.3 Å². The molecular weight excluding hydrogens is 266 g/mol. The number of nitrogens with one attached hydrogen (secondary N) is 1. The first-order valence-electron chi connectivity index (χ1n) is 5.99. The smallest absolute Gasteiger partial charge is 0.341 e. The van der Waals surface area contributed by atoms with Crippen LogP contribution in [0.15, 0.2) is 6.20 Å². The number of hydrogen-bond donors (Lipinski definition) is 2. The van der Waals surface area contributed by atoms with Crippen molar-refractivity contribution in [2.45, 2.75) is 19.9 Å². The average molecular weight is 283 g/mol. The zero-order chi connectivity index (χ0) is 15.1. The molecule has 0 bridgehead atoms. The minimum atomic E-state index is -0.965. The van der Waals surface area contributed by atoms with E-state index in [0.29, 0.717) is 5.69 Å². The van der Waals surface area contributed by atoms with E-state index in [4.69, 9.17) is 9.84 Å². The Balaban J connectivity index is 2.86. The van der Waals surface area contributed by atoms with Gasteiger partial charge >= 0.3 is 11.9 Å². The maximum Gasteiger partial charge on any atom is 0.341 e. The van der Waals surface area contributed by atoms with E-state index in [-0.39, 0.29) is 18.1 Å². The Labute approximate surface area is 116 Å². The molecule has 0 aliphatic carbocycles. The molecule has 0 aromatic carbocycles. The van der Waals surface area contributed by atoms with Gasteiger partial charge in [0.15, 0.2) is 6.04 Å². The van der Waals surface area contributed by atoms with Crippen LogP contribution in [0.25, 0.3) is 0 Å². The molecule has 0 fully saturated rings. The number of rotatable bonds is 6. The van der Waals surface area contributed by atoms with Crippen molar-refractivity contribution in [2.75, 3.05) is 25.6 Å². The molecular formula is C12H17N3O5. The number of aryl methyl sites for hydroxylation is 1. The van der Waals surface area contributed by atoms with Crippen LogP contribution in [0, 0.1) is 6.92 Å². The molecule has 0 spiro atoms. The highest BCUT2D eigenvalue weighted by atomic mass is 16.5. The molecule has 0 amide bonds. The van der Waals surface area contributed by atoms with E-state index in [1.54, 1.807) is 13.8 Å². The maximum atomic E-state index is 11.6. The van der Waals surface area contributed by atoms with Gasteiger partial charge in [-0.15, -0.1) is 0 Å². The number of carbonyl (C=O) groups excluding carboxylic acids is 2. The Kier molecular flexibility index (Phi) is 5.85. The molecule has 1 aromatic rings. The lowest BCUT2D eigenvalue weighted by Crippen LogP contribution is -2.34. The summed E-state index contributed by atoms with van der Waals surface area (Å²) in [6, 6.07) is -0.965. The van der Waals surface area contributed by atoms with Crippen LogP contribution in [0.4, 0.5) is 5.95 Å². The minimum absolute atomic E-state index is 0.111. The molecule has 1 atom stereocenters. The van der Waals surface area contributed by atoms with Gasteiger partial charge in [-0.05, 0) is 13.8 Å².